The van der Waals surface area contributed by atoms with E-state index in [1.165, 1.54) is 0 Å². The van der Waals surface area contributed by atoms with Gasteiger partial charge in [-0.2, -0.15) is 0 Å². The molecule has 1 aliphatic rings. The van der Waals surface area contributed by atoms with Crippen LogP contribution in [0.4, 0.5) is 5.69 Å². The number of amides is 1. The van der Waals surface area contributed by atoms with Crippen LogP contribution in [-0.4, -0.2) is 20.9 Å². The molecule has 0 aromatic heterocycles. The van der Waals surface area contributed by atoms with E-state index in [1.807, 2.05) is 55.5 Å². The summed E-state index contributed by atoms with van der Waals surface area (Å²) in [6.45, 7) is 2.20. The molecule has 0 radical (unpaired) electrons. The third-order valence-electron chi connectivity index (χ3n) is 4.14. The van der Waals surface area contributed by atoms with Gasteiger partial charge in [0.15, 0.2) is 0 Å². The molecule has 3 rings (SSSR count). The fourth-order valence-electron chi connectivity index (χ4n) is 2.88. The highest BCUT2D eigenvalue weighted by Gasteiger charge is 2.29. The quantitative estimate of drug-likeness (QED) is 0.845. The van der Waals surface area contributed by atoms with Gasteiger partial charge < -0.3 is 5.32 Å². The lowest BCUT2D eigenvalue weighted by Gasteiger charge is -2.10. The number of carbonyl (C=O) groups is 1. The third kappa shape index (κ3) is 3.83. The molecule has 1 unspecified atom stereocenters. The average molecular weight is 344 g/mol. The van der Waals surface area contributed by atoms with Crippen molar-refractivity contribution in [2.45, 2.75) is 25.0 Å². The van der Waals surface area contributed by atoms with Gasteiger partial charge in [0.1, 0.15) is 0 Å². The predicted octanol–water partition coefficient (Wildman–Crippen LogP) is 2.54. The highest BCUT2D eigenvalue weighted by molar-refractivity contribution is 7.88. The average Bonchev–Trinajstić information content (AvgIpc) is 2.85. The number of carbonyl (C=O) groups excluding carboxylic acids is 1. The van der Waals surface area contributed by atoms with Gasteiger partial charge in [-0.1, -0.05) is 48.0 Å². The fraction of sp³-hybridized carbons (Fsp3) is 0.278. The first-order valence-electron chi connectivity index (χ1n) is 7.87. The van der Waals surface area contributed by atoms with Crippen LogP contribution in [0.5, 0.6) is 0 Å². The summed E-state index contributed by atoms with van der Waals surface area (Å²) in [6.07, 6.45) is 0.440. The summed E-state index contributed by atoms with van der Waals surface area (Å²) in [6, 6.07) is 14.9. The van der Waals surface area contributed by atoms with Crippen LogP contribution in [-0.2, 0) is 20.6 Å². The van der Waals surface area contributed by atoms with Gasteiger partial charge in [-0.3, -0.25) is 4.79 Å². The Morgan fingerprint density at radius 2 is 1.79 bits per heavy atom. The Balaban J connectivity index is 1.58. The van der Waals surface area contributed by atoms with Gasteiger partial charge >= 0.3 is 0 Å². The molecule has 1 aliphatic heterocycles. The van der Waals surface area contributed by atoms with Crippen LogP contribution in [0.25, 0.3) is 0 Å². The van der Waals surface area contributed by atoms with Crippen molar-refractivity contribution in [1.82, 2.24) is 4.72 Å². The van der Waals surface area contributed by atoms with E-state index < -0.39 is 10.0 Å². The summed E-state index contributed by atoms with van der Waals surface area (Å²) in [7, 11) is -3.42. The normalized spacial score (nSPS) is 16.7. The van der Waals surface area contributed by atoms with E-state index in [0.717, 1.165) is 22.4 Å². The van der Waals surface area contributed by atoms with Gasteiger partial charge in [0.05, 0.1) is 11.7 Å². The Morgan fingerprint density at radius 1 is 1.08 bits per heavy atom. The third-order valence-corrected chi connectivity index (χ3v) is 5.50. The van der Waals surface area contributed by atoms with Gasteiger partial charge in [-0.25, -0.2) is 13.1 Å². The zero-order valence-electron chi connectivity index (χ0n) is 13.5. The molecule has 1 amide bonds. The standard InChI is InChI=1S/C18H20N2O3S/c1-13-6-8-14(9-7-13)12-24(22,23)19-11-10-16-15-4-2-3-5-17(15)20-18(16)21/h2-9,16,19H,10-12H2,1H3,(H,20,21). The van der Waals surface area contributed by atoms with E-state index >= 15 is 0 Å². The Kier molecular flexibility index (Phi) is 4.69. The number of rotatable bonds is 6. The van der Waals surface area contributed by atoms with Crippen molar-refractivity contribution in [2.75, 3.05) is 11.9 Å². The Bertz CT molecular complexity index is 845. The maximum atomic E-state index is 12.2. The lowest BCUT2D eigenvalue weighted by molar-refractivity contribution is -0.117. The van der Waals surface area contributed by atoms with Crippen molar-refractivity contribution in [3.8, 4) is 0 Å². The molecule has 2 aromatic rings. The van der Waals surface area contributed by atoms with Crippen LogP contribution in [0.3, 0.4) is 0 Å². The Labute approximate surface area is 142 Å². The first-order valence-corrected chi connectivity index (χ1v) is 9.52. The van der Waals surface area contributed by atoms with E-state index in [-0.39, 0.29) is 24.1 Å². The zero-order chi connectivity index (χ0) is 17.2. The number of aryl methyl sites for hydroxylation is 1. The second-order valence-electron chi connectivity index (χ2n) is 6.06. The highest BCUT2D eigenvalue weighted by atomic mass is 32.2. The lowest BCUT2D eigenvalue weighted by Crippen LogP contribution is -2.28. The summed E-state index contributed by atoms with van der Waals surface area (Å²) < 4.78 is 26.9. The van der Waals surface area contributed by atoms with Crippen LogP contribution >= 0.6 is 0 Å². The molecule has 6 heteroatoms. The molecule has 0 aliphatic carbocycles. The summed E-state index contributed by atoms with van der Waals surface area (Å²) in [5.74, 6) is -0.432. The van der Waals surface area contributed by atoms with Crippen molar-refractivity contribution in [1.29, 1.82) is 0 Å². The molecule has 2 aromatic carbocycles. The summed E-state index contributed by atoms with van der Waals surface area (Å²) in [5, 5.41) is 2.82. The van der Waals surface area contributed by atoms with Crippen LogP contribution in [0.15, 0.2) is 48.5 Å². The number of para-hydroxylation sites is 1. The van der Waals surface area contributed by atoms with Gasteiger partial charge in [0.2, 0.25) is 15.9 Å². The maximum Gasteiger partial charge on any atom is 0.232 e. The molecule has 1 heterocycles. The number of benzene rings is 2. The van der Waals surface area contributed by atoms with Crippen molar-refractivity contribution in [3.05, 3.63) is 65.2 Å². The highest BCUT2D eigenvalue weighted by Crippen LogP contribution is 2.33. The van der Waals surface area contributed by atoms with Crippen molar-refractivity contribution in [2.24, 2.45) is 0 Å². The number of hydrogen-bond acceptors (Lipinski definition) is 3. The van der Waals surface area contributed by atoms with Crippen LogP contribution < -0.4 is 10.0 Å². The molecule has 0 saturated heterocycles. The second-order valence-corrected chi connectivity index (χ2v) is 7.86. The molecule has 126 valence electrons. The first kappa shape index (κ1) is 16.7. The summed E-state index contributed by atoms with van der Waals surface area (Å²) in [5.41, 5.74) is 3.59. The minimum absolute atomic E-state index is 0.0548. The molecular formula is C18H20N2O3S. The van der Waals surface area contributed by atoms with E-state index in [0.29, 0.717) is 6.42 Å². The Morgan fingerprint density at radius 3 is 2.54 bits per heavy atom. The van der Waals surface area contributed by atoms with E-state index in [9.17, 15) is 13.2 Å². The van der Waals surface area contributed by atoms with E-state index in [4.69, 9.17) is 0 Å². The molecule has 0 fully saturated rings. The smallest absolute Gasteiger partial charge is 0.232 e. The fourth-order valence-corrected chi connectivity index (χ4v) is 4.04. The molecule has 0 bridgehead atoms. The minimum atomic E-state index is -3.42. The van der Waals surface area contributed by atoms with Gasteiger partial charge in [0, 0.05) is 12.2 Å². The number of anilines is 1. The number of fused-ring (bicyclic) bond motifs is 1. The predicted molar refractivity (Wildman–Crippen MR) is 94.2 cm³/mol. The molecule has 0 saturated carbocycles. The maximum absolute atomic E-state index is 12.2. The molecule has 0 spiro atoms. The molecule has 24 heavy (non-hydrogen) atoms. The molecular weight excluding hydrogens is 324 g/mol. The molecule has 5 nitrogen and oxygen atoms in total. The van der Waals surface area contributed by atoms with Gasteiger partial charge in [0.25, 0.3) is 0 Å². The van der Waals surface area contributed by atoms with E-state index in [2.05, 4.69) is 10.0 Å². The van der Waals surface area contributed by atoms with Crippen LogP contribution in [0.1, 0.15) is 29.0 Å². The molecule has 1 atom stereocenters. The summed E-state index contributed by atoms with van der Waals surface area (Å²) in [4.78, 5) is 12.0. The number of hydrogen-bond donors (Lipinski definition) is 2. The van der Waals surface area contributed by atoms with Gasteiger partial charge in [-0.15, -0.1) is 0 Å². The van der Waals surface area contributed by atoms with Crippen molar-refractivity contribution in [3.63, 3.8) is 0 Å². The summed E-state index contributed by atoms with van der Waals surface area (Å²) >= 11 is 0. The van der Waals surface area contributed by atoms with Crippen molar-refractivity contribution < 1.29 is 13.2 Å². The Hall–Kier alpha value is -2.18. The topological polar surface area (TPSA) is 75.3 Å². The van der Waals surface area contributed by atoms with E-state index in [1.54, 1.807) is 0 Å². The lowest BCUT2D eigenvalue weighted by atomic mass is 9.97. The monoisotopic (exact) mass is 344 g/mol. The van der Waals surface area contributed by atoms with Gasteiger partial charge in [-0.05, 0) is 30.5 Å². The van der Waals surface area contributed by atoms with Crippen LogP contribution in [0.2, 0.25) is 0 Å². The SMILES string of the molecule is Cc1ccc(CS(=O)(=O)NCCC2C(=O)Nc3ccccc32)cc1. The minimum Gasteiger partial charge on any atom is -0.325 e. The second kappa shape index (κ2) is 6.75. The first-order chi connectivity index (χ1) is 11.4. The number of sulfonamides is 1. The zero-order valence-corrected chi connectivity index (χ0v) is 14.3. The van der Waals surface area contributed by atoms with Crippen molar-refractivity contribution >= 4 is 21.6 Å². The number of nitrogens with one attached hydrogen (secondary N) is 2. The molecule has 2 N–H and O–H groups in total. The van der Waals surface area contributed by atoms with Crippen LogP contribution in [0, 0.1) is 6.92 Å². The largest absolute Gasteiger partial charge is 0.325 e.